The van der Waals surface area contributed by atoms with E-state index in [2.05, 4.69) is 16.4 Å². The summed E-state index contributed by atoms with van der Waals surface area (Å²) in [6, 6.07) is 8.03. The summed E-state index contributed by atoms with van der Waals surface area (Å²) in [4.78, 5) is 4.90. The molecular weight excluding hydrogens is 436 g/mol. The van der Waals surface area contributed by atoms with E-state index in [1.807, 2.05) is 37.3 Å². The van der Waals surface area contributed by atoms with Crippen LogP contribution < -0.4 is 4.74 Å². The minimum Gasteiger partial charge on any atom is -0.492 e. The second kappa shape index (κ2) is 19.8. The smallest absolute Gasteiger partial charge is 0.119 e. The van der Waals surface area contributed by atoms with E-state index in [-0.39, 0.29) is 0 Å². The van der Waals surface area contributed by atoms with Gasteiger partial charge >= 0.3 is 0 Å². The van der Waals surface area contributed by atoms with Gasteiger partial charge in [0, 0.05) is 39.4 Å². The number of rotatable bonds is 22. The Morgan fingerprint density at radius 1 is 0.706 bits per heavy atom. The van der Waals surface area contributed by atoms with E-state index in [0.29, 0.717) is 59.5 Å². The lowest BCUT2D eigenvalue weighted by molar-refractivity contribution is -0.0106. The molecule has 1 aromatic carbocycles. The van der Waals surface area contributed by atoms with Crippen molar-refractivity contribution in [1.82, 2.24) is 9.80 Å². The SMILES string of the molecule is C=Cc1ccc(OCCN2CCN(CCCOCCOCCOCCOCCOCC)C2)cc1. The fourth-order valence-electron chi connectivity index (χ4n) is 3.48. The van der Waals surface area contributed by atoms with Crippen LogP contribution in [0.2, 0.25) is 0 Å². The van der Waals surface area contributed by atoms with Crippen molar-refractivity contribution in [3.63, 3.8) is 0 Å². The molecule has 1 aromatic rings. The highest BCUT2D eigenvalue weighted by Gasteiger charge is 2.18. The summed E-state index contributed by atoms with van der Waals surface area (Å²) in [5.74, 6) is 0.911. The molecule has 194 valence electrons. The predicted octanol–water partition coefficient (Wildman–Crippen LogP) is 2.78. The van der Waals surface area contributed by atoms with Crippen molar-refractivity contribution in [1.29, 1.82) is 0 Å². The zero-order valence-corrected chi connectivity index (χ0v) is 21.0. The van der Waals surface area contributed by atoms with Gasteiger partial charge in [-0.2, -0.15) is 0 Å². The highest BCUT2D eigenvalue weighted by atomic mass is 16.6. The molecule has 1 heterocycles. The van der Waals surface area contributed by atoms with Crippen LogP contribution in [0.15, 0.2) is 30.8 Å². The van der Waals surface area contributed by atoms with Crippen LogP contribution in [-0.2, 0) is 23.7 Å². The zero-order chi connectivity index (χ0) is 24.1. The summed E-state index contributed by atoms with van der Waals surface area (Å²) in [7, 11) is 0. The normalized spacial score (nSPS) is 14.6. The molecule has 0 saturated carbocycles. The van der Waals surface area contributed by atoms with Gasteiger partial charge in [0.15, 0.2) is 0 Å². The van der Waals surface area contributed by atoms with E-state index < -0.39 is 0 Å². The molecule has 0 amide bonds. The van der Waals surface area contributed by atoms with Crippen molar-refractivity contribution in [2.75, 3.05) is 106 Å². The van der Waals surface area contributed by atoms with Gasteiger partial charge in [0.25, 0.3) is 0 Å². The summed E-state index contributed by atoms with van der Waals surface area (Å²) in [6.07, 6.45) is 2.87. The first-order valence-electron chi connectivity index (χ1n) is 12.5. The summed E-state index contributed by atoms with van der Waals surface area (Å²) in [6.45, 7) is 17.9. The van der Waals surface area contributed by atoms with Gasteiger partial charge in [-0.15, -0.1) is 0 Å². The Balaban J connectivity index is 1.31. The van der Waals surface area contributed by atoms with Crippen molar-refractivity contribution < 1.29 is 28.4 Å². The van der Waals surface area contributed by atoms with Crippen molar-refractivity contribution >= 4 is 6.08 Å². The average molecular weight is 481 g/mol. The first-order chi connectivity index (χ1) is 16.8. The topological polar surface area (TPSA) is 61.9 Å². The first kappa shape index (κ1) is 28.7. The molecule has 34 heavy (non-hydrogen) atoms. The van der Waals surface area contributed by atoms with Crippen LogP contribution in [0.3, 0.4) is 0 Å². The van der Waals surface area contributed by atoms with Gasteiger partial charge in [-0.3, -0.25) is 9.80 Å². The predicted molar refractivity (Wildman–Crippen MR) is 134 cm³/mol. The Bertz CT molecular complexity index is 616. The molecule has 1 saturated heterocycles. The number of nitrogens with zero attached hydrogens (tertiary/aromatic N) is 2. The summed E-state index contributed by atoms with van der Waals surface area (Å²) in [5.41, 5.74) is 1.11. The summed E-state index contributed by atoms with van der Waals surface area (Å²) >= 11 is 0. The molecule has 2 rings (SSSR count). The molecule has 8 heteroatoms. The molecule has 1 fully saturated rings. The van der Waals surface area contributed by atoms with E-state index in [0.717, 1.165) is 63.8 Å². The van der Waals surface area contributed by atoms with Crippen molar-refractivity contribution in [3.05, 3.63) is 36.4 Å². The molecule has 0 atom stereocenters. The molecule has 1 aliphatic rings. The van der Waals surface area contributed by atoms with Crippen molar-refractivity contribution in [2.24, 2.45) is 0 Å². The van der Waals surface area contributed by atoms with Gasteiger partial charge in [0.1, 0.15) is 12.4 Å². The molecule has 0 bridgehead atoms. The number of ether oxygens (including phenoxy) is 6. The molecule has 8 nitrogen and oxygen atoms in total. The molecule has 0 aliphatic carbocycles. The molecular formula is C26H44N2O6. The van der Waals surface area contributed by atoms with Crippen LogP contribution in [0.4, 0.5) is 0 Å². The quantitative estimate of drug-likeness (QED) is 0.235. The Morgan fingerprint density at radius 2 is 1.24 bits per heavy atom. The second-order valence-electron chi connectivity index (χ2n) is 8.00. The Kier molecular flexibility index (Phi) is 16.7. The van der Waals surface area contributed by atoms with E-state index in [4.69, 9.17) is 28.4 Å². The third-order valence-electron chi connectivity index (χ3n) is 5.38. The lowest BCUT2D eigenvalue weighted by Crippen LogP contribution is -2.29. The monoisotopic (exact) mass is 480 g/mol. The molecule has 1 aliphatic heterocycles. The van der Waals surface area contributed by atoms with Gasteiger partial charge in [-0.05, 0) is 31.0 Å². The van der Waals surface area contributed by atoms with E-state index in [1.54, 1.807) is 0 Å². The van der Waals surface area contributed by atoms with Crippen LogP contribution >= 0.6 is 0 Å². The minimum atomic E-state index is 0.576. The number of hydrogen-bond donors (Lipinski definition) is 0. The van der Waals surface area contributed by atoms with Gasteiger partial charge in [0.2, 0.25) is 0 Å². The van der Waals surface area contributed by atoms with Gasteiger partial charge in [-0.1, -0.05) is 24.8 Å². The zero-order valence-electron chi connectivity index (χ0n) is 21.0. The fraction of sp³-hybridized carbons (Fsp3) is 0.692. The molecule has 0 aromatic heterocycles. The average Bonchev–Trinajstić information content (AvgIpc) is 3.31. The van der Waals surface area contributed by atoms with Crippen molar-refractivity contribution in [3.8, 4) is 5.75 Å². The Hall–Kier alpha value is -1.52. The van der Waals surface area contributed by atoms with E-state index in [1.165, 1.54) is 0 Å². The fourth-order valence-corrected chi connectivity index (χ4v) is 3.48. The van der Waals surface area contributed by atoms with Crippen LogP contribution in [0.1, 0.15) is 18.9 Å². The third kappa shape index (κ3) is 14.0. The van der Waals surface area contributed by atoms with Gasteiger partial charge in [-0.25, -0.2) is 0 Å². The van der Waals surface area contributed by atoms with E-state index >= 15 is 0 Å². The van der Waals surface area contributed by atoms with Crippen LogP contribution in [0.25, 0.3) is 6.08 Å². The minimum absolute atomic E-state index is 0.576. The Labute approximate surface area is 205 Å². The second-order valence-corrected chi connectivity index (χ2v) is 8.00. The number of hydrogen-bond acceptors (Lipinski definition) is 8. The van der Waals surface area contributed by atoms with Crippen molar-refractivity contribution in [2.45, 2.75) is 13.3 Å². The van der Waals surface area contributed by atoms with Gasteiger partial charge < -0.3 is 28.4 Å². The lowest BCUT2D eigenvalue weighted by Gasteiger charge is -2.18. The van der Waals surface area contributed by atoms with E-state index in [9.17, 15) is 0 Å². The molecule has 0 N–H and O–H groups in total. The van der Waals surface area contributed by atoms with Crippen LogP contribution in [-0.4, -0.2) is 115 Å². The first-order valence-corrected chi connectivity index (χ1v) is 12.5. The molecule has 0 unspecified atom stereocenters. The highest BCUT2D eigenvalue weighted by molar-refractivity contribution is 5.48. The summed E-state index contributed by atoms with van der Waals surface area (Å²) in [5, 5.41) is 0. The number of benzene rings is 1. The maximum atomic E-state index is 5.85. The maximum Gasteiger partial charge on any atom is 0.119 e. The van der Waals surface area contributed by atoms with Gasteiger partial charge in [0.05, 0.1) is 59.5 Å². The summed E-state index contributed by atoms with van der Waals surface area (Å²) < 4.78 is 33.1. The third-order valence-corrected chi connectivity index (χ3v) is 5.38. The standard InChI is InChI=1S/C26H44N2O6/c1-3-25-6-8-26(9-7-25)34-15-13-28-12-11-27(24-28)10-5-14-30-18-19-32-22-23-33-21-20-31-17-16-29-4-2/h3,6-9H,1,4-5,10-24H2,2H3. The van der Waals surface area contributed by atoms with Crippen LogP contribution in [0, 0.1) is 0 Å². The largest absolute Gasteiger partial charge is 0.492 e. The maximum absolute atomic E-state index is 5.85. The molecule has 0 spiro atoms. The Morgan fingerprint density at radius 3 is 1.79 bits per heavy atom. The highest BCUT2D eigenvalue weighted by Crippen LogP contribution is 2.13. The van der Waals surface area contributed by atoms with Crippen LogP contribution in [0.5, 0.6) is 5.75 Å². The molecule has 0 radical (unpaired) electrons. The lowest BCUT2D eigenvalue weighted by atomic mass is 10.2.